The normalized spacial score (nSPS) is 35.6. The molecule has 1 aromatic carbocycles. The summed E-state index contributed by atoms with van der Waals surface area (Å²) in [6.45, 7) is 6.66. The van der Waals surface area contributed by atoms with Gasteiger partial charge in [0.2, 0.25) is 0 Å². The van der Waals surface area contributed by atoms with Gasteiger partial charge in [-0.2, -0.15) is 0 Å². The van der Waals surface area contributed by atoms with E-state index in [4.69, 9.17) is 0 Å². The van der Waals surface area contributed by atoms with Crippen molar-refractivity contribution < 1.29 is 4.79 Å². The number of carbonyl (C=O) groups is 1. The molecule has 3 aliphatic rings. The molecule has 0 spiro atoms. The van der Waals surface area contributed by atoms with Crippen LogP contribution in [0.5, 0.6) is 0 Å². The molecule has 19 heavy (non-hydrogen) atoms. The van der Waals surface area contributed by atoms with Gasteiger partial charge in [0, 0.05) is 11.5 Å². The molecule has 0 aliphatic heterocycles. The van der Waals surface area contributed by atoms with E-state index in [1.165, 1.54) is 30.4 Å². The Morgan fingerprint density at radius 3 is 2.42 bits per heavy atom. The Kier molecular flexibility index (Phi) is 2.16. The van der Waals surface area contributed by atoms with Crippen LogP contribution in [-0.2, 0) is 5.41 Å². The summed E-state index contributed by atoms with van der Waals surface area (Å²) in [7, 11) is 0. The van der Waals surface area contributed by atoms with Gasteiger partial charge in [0.1, 0.15) is 0 Å². The van der Waals surface area contributed by atoms with Gasteiger partial charge in [0.25, 0.3) is 0 Å². The lowest BCUT2D eigenvalue weighted by molar-refractivity contribution is 0.0883. The van der Waals surface area contributed by atoms with Crippen LogP contribution in [-0.4, -0.2) is 5.78 Å². The Morgan fingerprint density at radius 2 is 1.74 bits per heavy atom. The van der Waals surface area contributed by atoms with Crippen LogP contribution in [0.15, 0.2) is 18.2 Å². The highest BCUT2D eigenvalue weighted by molar-refractivity contribution is 6.04. The monoisotopic (exact) mass is 254 g/mol. The molecular weight excluding hydrogens is 232 g/mol. The van der Waals surface area contributed by atoms with Crippen molar-refractivity contribution in [3.8, 4) is 0 Å². The van der Waals surface area contributed by atoms with Gasteiger partial charge < -0.3 is 0 Å². The molecule has 4 atom stereocenters. The second-order valence-electron chi connectivity index (χ2n) is 7.80. The first-order valence-corrected chi connectivity index (χ1v) is 7.65. The van der Waals surface area contributed by atoms with Crippen molar-refractivity contribution in [3.63, 3.8) is 0 Å². The van der Waals surface area contributed by atoms with E-state index in [1.54, 1.807) is 0 Å². The quantitative estimate of drug-likeness (QED) is 0.674. The van der Waals surface area contributed by atoms with Crippen LogP contribution in [0.4, 0.5) is 0 Å². The summed E-state index contributed by atoms with van der Waals surface area (Å²) >= 11 is 0. The molecule has 1 aromatic rings. The summed E-state index contributed by atoms with van der Waals surface area (Å²) in [5.74, 6) is 2.84. The third-order valence-corrected chi connectivity index (χ3v) is 5.76. The third-order valence-electron chi connectivity index (χ3n) is 5.76. The van der Waals surface area contributed by atoms with Crippen LogP contribution in [0, 0.1) is 17.8 Å². The molecule has 0 heterocycles. The predicted octanol–water partition coefficient (Wildman–Crippen LogP) is 4.31. The van der Waals surface area contributed by atoms with E-state index in [2.05, 4.69) is 39.0 Å². The zero-order chi connectivity index (χ0) is 13.4. The SMILES string of the molecule is CC(C)(C)c1ccc2c(c1)C(=O)[C@@H]1[C@@H]3CC[C@@H](C3)[C@H]21. The van der Waals surface area contributed by atoms with E-state index in [0.717, 1.165) is 11.5 Å². The topological polar surface area (TPSA) is 17.1 Å². The smallest absolute Gasteiger partial charge is 0.167 e. The van der Waals surface area contributed by atoms with Crippen molar-refractivity contribution >= 4 is 5.78 Å². The summed E-state index contributed by atoms with van der Waals surface area (Å²) < 4.78 is 0. The molecule has 2 fully saturated rings. The molecule has 0 N–H and O–H groups in total. The molecule has 3 aliphatic carbocycles. The lowest BCUT2D eigenvalue weighted by Gasteiger charge is -2.24. The molecule has 0 radical (unpaired) electrons. The average Bonchev–Trinajstić information content (AvgIpc) is 3.01. The molecule has 0 unspecified atom stereocenters. The highest BCUT2D eigenvalue weighted by Gasteiger charge is 2.55. The molecule has 0 aromatic heterocycles. The fourth-order valence-corrected chi connectivity index (χ4v) is 4.82. The van der Waals surface area contributed by atoms with Crippen molar-refractivity contribution in [2.75, 3.05) is 0 Å². The van der Waals surface area contributed by atoms with Crippen molar-refractivity contribution in [1.82, 2.24) is 0 Å². The number of hydrogen-bond acceptors (Lipinski definition) is 1. The molecular formula is C18H22O. The van der Waals surface area contributed by atoms with Gasteiger partial charge >= 0.3 is 0 Å². The summed E-state index contributed by atoms with van der Waals surface area (Å²) in [6, 6.07) is 6.70. The van der Waals surface area contributed by atoms with Gasteiger partial charge in [-0.1, -0.05) is 32.9 Å². The maximum Gasteiger partial charge on any atom is 0.167 e. The Morgan fingerprint density at radius 1 is 1.05 bits per heavy atom. The minimum atomic E-state index is 0.131. The fraction of sp³-hybridized carbons (Fsp3) is 0.611. The zero-order valence-electron chi connectivity index (χ0n) is 12.1. The van der Waals surface area contributed by atoms with Crippen LogP contribution in [0.1, 0.15) is 67.4 Å². The largest absolute Gasteiger partial charge is 0.294 e. The van der Waals surface area contributed by atoms with E-state index >= 15 is 0 Å². The molecule has 4 rings (SSSR count). The van der Waals surface area contributed by atoms with Gasteiger partial charge in [-0.15, -0.1) is 0 Å². The minimum absolute atomic E-state index is 0.131. The third kappa shape index (κ3) is 1.45. The molecule has 0 saturated heterocycles. The number of hydrogen-bond donors (Lipinski definition) is 0. The van der Waals surface area contributed by atoms with E-state index in [-0.39, 0.29) is 5.41 Å². The molecule has 2 saturated carbocycles. The first-order chi connectivity index (χ1) is 8.97. The first kappa shape index (κ1) is 11.7. The van der Waals surface area contributed by atoms with Crippen LogP contribution >= 0.6 is 0 Å². The summed E-state index contributed by atoms with van der Waals surface area (Å²) in [6.07, 6.45) is 3.94. The molecule has 1 heteroatoms. The first-order valence-electron chi connectivity index (χ1n) is 7.65. The van der Waals surface area contributed by atoms with Crippen molar-refractivity contribution in [3.05, 3.63) is 34.9 Å². The standard InChI is InChI=1S/C18H22O/c1-18(2,3)12-6-7-13-14(9-12)17(19)16-11-5-4-10(8-11)15(13)16/h6-7,9-11,15-16H,4-5,8H2,1-3H3/t10-,11+,15+,16+/m0/s1. The lowest BCUT2D eigenvalue weighted by atomic mass is 9.79. The van der Waals surface area contributed by atoms with Gasteiger partial charge in [-0.25, -0.2) is 0 Å². The van der Waals surface area contributed by atoms with Crippen molar-refractivity contribution in [2.45, 2.75) is 51.4 Å². The maximum absolute atomic E-state index is 12.7. The van der Waals surface area contributed by atoms with E-state index < -0.39 is 0 Å². The van der Waals surface area contributed by atoms with Crippen LogP contribution < -0.4 is 0 Å². The number of fused-ring (bicyclic) bond motifs is 7. The second kappa shape index (κ2) is 3.50. The number of ketones is 1. The molecule has 1 nitrogen and oxygen atoms in total. The van der Waals surface area contributed by atoms with E-state index in [0.29, 0.717) is 23.5 Å². The zero-order valence-corrected chi connectivity index (χ0v) is 12.1. The highest BCUT2D eigenvalue weighted by Crippen LogP contribution is 2.61. The Bertz CT molecular complexity index is 564. The second-order valence-corrected chi connectivity index (χ2v) is 7.80. The Hall–Kier alpha value is -1.11. The number of rotatable bonds is 0. The number of carbonyl (C=O) groups excluding carboxylic acids is 1. The number of benzene rings is 1. The van der Waals surface area contributed by atoms with Crippen LogP contribution in [0.2, 0.25) is 0 Å². The van der Waals surface area contributed by atoms with Gasteiger partial charge in [0.05, 0.1) is 0 Å². The van der Waals surface area contributed by atoms with E-state index in [1.807, 2.05) is 0 Å². The van der Waals surface area contributed by atoms with Gasteiger partial charge in [-0.05, 0) is 59.6 Å². The van der Waals surface area contributed by atoms with Crippen molar-refractivity contribution in [1.29, 1.82) is 0 Å². The van der Waals surface area contributed by atoms with Gasteiger partial charge in [0.15, 0.2) is 5.78 Å². The predicted molar refractivity (Wildman–Crippen MR) is 76.5 cm³/mol. The van der Waals surface area contributed by atoms with Crippen LogP contribution in [0.25, 0.3) is 0 Å². The van der Waals surface area contributed by atoms with Gasteiger partial charge in [-0.3, -0.25) is 4.79 Å². The highest BCUT2D eigenvalue weighted by atomic mass is 16.1. The average molecular weight is 254 g/mol. The lowest BCUT2D eigenvalue weighted by Crippen LogP contribution is -2.20. The summed E-state index contributed by atoms with van der Waals surface area (Å²) in [4.78, 5) is 12.7. The van der Waals surface area contributed by atoms with E-state index in [9.17, 15) is 4.79 Å². The minimum Gasteiger partial charge on any atom is -0.294 e. The maximum atomic E-state index is 12.7. The summed E-state index contributed by atoms with van der Waals surface area (Å²) in [5.41, 5.74) is 3.85. The Balaban J connectivity index is 1.83. The van der Waals surface area contributed by atoms with Crippen LogP contribution in [0.3, 0.4) is 0 Å². The Labute approximate surface area is 115 Å². The molecule has 100 valence electrons. The molecule has 0 amide bonds. The fourth-order valence-electron chi connectivity index (χ4n) is 4.82. The molecule has 2 bridgehead atoms. The number of Topliss-reactive ketones (excluding diaryl/α,β-unsaturated/α-hetero) is 1. The van der Waals surface area contributed by atoms with Crippen molar-refractivity contribution in [2.24, 2.45) is 17.8 Å². The summed E-state index contributed by atoms with van der Waals surface area (Å²) in [5, 5.41) is 0.